The van der Waals surface area contributed by atoms with Crippen LogP contribution in [-0.2, 0) is 4.79 Å². The quantitative estimate of drug-likeness (QED) is 0.741. The third-order valence-electron chi connectivity index (χ3n) is 4.43. The van der Waals surface area contributed by atoms with Crippen LogP contribution in [0.3, 0.4) is 0 Å². The third kappa shape index (κ3) is 2.19. The lowest BCUT2D eigenvalue weighted by Gasteiger charge is -2.13. The molecule has 0 saturated heterocycles. The van der Waals surface area contributed by atoms with E-state index >= 15 is 0 Å². The lowest BCUT2D eigenvalue weighted by atomic mass is 10.0. The first kappa shape index (κ1) is 11.0. The molecule has 1 N–H and O–H groups in total. The molecule has 0 aliphatic heterocycles. The first-order valence-electron chi connectivity index (χ1n) is 6.55. The molecule has 2 aliphatic rings. The average Bonchev–Trinajstić information content (AvgIpc) is 2.74. The van der Waals surface area contributed by atoms with Gasteiger partial charge in [0.15, 0.2) is 0 Å². The summed E-state index contributed by atoms with van der Waals surface area (Å²) in [6, 6.07) is 0. The topological polar surface area (TPSA) is 29.1 Å². The highest BCUT2D eigenvalue weighted by Gasteiger charge is 2.56. The highest BCUT2D eigenvalue weighted by atomic mass is 16.2. The fraction of sp³-hybridized carbons (Fsp3) is 0.923. The Kier molecular flexibility index (Phi) is 3.32. The zero-order chi connectivity index (χ0) is 10.8. The second kappa shape index (κ2) is 4.54. The maximum absolute atomic E-state index is 11.8. The molecule has 86 valence electrons. The van der Waals surface area contributed by atoms with Crippen LogP contribution in [0.2, 0.25) is 0 Å². The van der Waals surface area contributed by atoms with Gasteiger partial charge in [-0.05, 0) is 30.6 Å². The van der Waals surface area contributed by atoms with Crippen molar-refractivity contribution in [3.63, 3.8) is 0 Å². The summed E-state index contributed by atoms with van der Waals surface area (Å²) in [5, 5.41) is 3.14. The van der Waals surface area contributed by atoms with Crippen LogP contribution in [-0.4, -0.2) is 12.5 Å². The summed E-state index contributed by atoms with van der Waals surface area (Å²) in [6.07, 6.45) is 6.30. The van der Waals surface area contributed by atoms with Crippen molar-refractivity contribution in [1.29, 1.82) is 0 Å². The lowest BCUT2D eigenvalue weighted by Crippen LogP contribution is -2.31. The molecule has 0 heterocycles. The predicted molar refractivity (Wildman–Crippen MR) is 61.4 cm³/mol. The number of hydrogen-bond donors (Lipinski definition) is 1. The van der Waals surface area contributed by atoms with Gasteiger partial charge in [0.1, 0.15) is 0 Å². The summed E-state index contributed by atoms with van der Waals surface area (Å²) < 4.78 is 0. The first-order chi connectivity index (χ1) is 7.27. The molecule has 0 bridgehead atoms. The van der Waals surface area contributed by atoms with Gasteiger partial charge in [0.25, 0.3) is 0 Å². The van der Waals surface area contributed by atoms with E-state index < -0.39 is 0 Å². The summed E-state index contributed by atoms with van der Waals surface area (Å²) in [5.41, 5.74) is 0. The zero-order valence-electron chi connectivity index (χ0n) is 9.96. The van der Waals surface area contributed by atoms with E-state index in [-0.39, 0.29) is 0 Å². The molecule has 2 aliphatic carbocycles. The van der Waals surface area contributed by atoms with Crippen LogP contribution in [0.15, 0.2) is 0 Å². The Labute approximate surface area is 92.8 Å². The maximum atomic E-state index is 11.8. The van der Waals surface area contributed by atoms with E-state index in [1.54, 1.807) is 0 Å². The lowest BCUT2D eigenvalue weighted by molar-refractivity contribution is -0.123. The number of hydrogen-bond acceptors (Lipinski definition) is 1. The van der Waals surface area contributed by atoms with Crippen molar-refractivity contribution >= 4 is 5.91 Å². The molecule has 0 radical (unpaired) electrons. The minimum Gasteiger partial charge on any atom is -0.356 e. The predicted octanol–water partition coefficient (Wildman–Crippen LogP) is 2.58. The van der Waals surface area contributed by atoms with E-state index in [4.69, 9.17) is 0 Å². The Balaban J connectivity index is 1.70. The summed E-state index contributed by atoms with van der Waals surface area (Å²) in [7, 11) is 0. The number of nitrogens with one attached hydrogen (secondary N) is 1. The molecule has 2 nitrogen and oxygen atoms in total. The van der Waals surface area contributed by atoms with Crippen LogP contribution in [0.4, 0.5) is 0 Å². The molecule has 1 amide bonds. The SMILES string of the molecule is CCC(CC)CNC(=O)C1C2CCCC21. The fourth-order valence-corrected chi connectivity index (χ4v) is 3.15. The molecule has 2 fully saturated rings. The molecule has 2 atom stereocenters. The average molecular weight is 209 g/mol. The van der Waals surface area contributed by atoms with Gasteiger partial charge in [0.2, 0.25) is 5.91 Å². The number of carbonyl (C=O) groups is 1. The Bertz CT molecular complexity index is 225. The molecule has 2 heteroatoms. The molecule has 0 aromatic carbocycles. The van der Waals surface area contributed by atoms with Gasteiger partial charge >= 0.3 is 0 Å². The number of rotatable bonds is 5. The van der Waals surface area contributed by atoms with Crippen molar-refractivity contribution in [2.24, 2.45) is 23.7 Å². The van der Waals surface area contributed by atoms with Crippen molar-refractivity contribution in [2.75, 3.05) is 6.54 Å². The normalized spacial score (nSPS) is 32.9. The van der Waals surface area contributed by atoms with Crippen molar-refractivity contribution in [3.8, 4) is 0 Å². The largest absolute Gasteiger partial charge is 0.356 e. The van der Waals surface area contributed by atoms with Crippen LogP contribution in [0, 0.1) is 23.7 Å². The molecule has 2 rings (SSSR count). The van der Waals surface area contributed by atoms with Crippen molar-refractivity contribution in [3.05, 3.63) is 0 Å². The highest BCUT2D eigenvalue weighted by Crippen LogP contribution is 2.57. The van der Waals surface area contributed by atoms with Gasteiger partial charge < -0.3 is 5.32 Å². The van der Waals surface area contributed by atoms with Gasteiger partial charge in [-0.1, -0.05) is 33.1 Å². The Morgan fingerprint density at radius 1 is 1.27 bits per heavy atom. The molecule has 0 aromatic heterocycles. The van der Waals surface area contributed by atoms with E-state index in [2.05, 4.69) is 19.2 Å². The second-order valence-corrected chi connectivity index (χ2v) is 5.21. The molecular weight excluding hydrogens is 186 g/mol. The molecule has 2 saturated carbocycles. The Morgan fingerprint density at radius 2 is 1.87 bits per heavy atom. The van der Waals surface area contributed by atoms with Crippen LogP contribution >= 0.6 is 0 Å². The Hall–Kier alpha value is -0.530. The van der Waals surface area contributed by atoms with Crippen molar-refractivity contribution < 1.29 is 4.79 Å². The molecule has 15 heavy (non-hydrogen) atoms. The fourth-order valence-electron chi connectivity index (χ4n) is 3.15. The minimum absolute atomic E-state index is 0.344. The van der Waals surface area contributed by atoms with Gasteiger partial charge in [0.05, 0.1) is 0 Å². The summed E-state index contributed by atoms with van der Waals surface area (Å²) >= 11 is 0. The van der Waals surface area contributed by atoms with E-state index in [9.17, 15) is 4.79 Å². The molecule has 2 unspecified atom stereocenters. The first-order valence-corrected chi connectivity index (χ1v) is 6.55. The number of carbonyl (C=O) groups excluding carboxylic acids is 1. The minimum atomic E-state index is 0.344. The van der Waals surface area contributed by atoms with Crippen LogP contribution in [0.5, 0.6) is 0 Å². The van der Waals surface area contributed by atoms with Crippen LogP contribution in [0.25, 0.3) is 0 Å². The summed E-state index contributed by atoms with van der Waals surface area (Å²) in [5.74, 6) is 2.93. The second-order valence-electron chi connectivity index (χ2n) is 5.21. The van der Waals surface area contributed by atoms with Gasteiger partial charge in [-0.15, -0.1) is 0 Å². The van der Waals surface area contributed by atoms with Gasteiger partial charge in [0, 0.05) is 12.5 Å². The smallest absolute Gasteiger partial charge is 0.223 e. The van der Waals surface area contributed by atoms with Gasteiger partial charge in [-0.3, -0.25) is 4.79 Å². The monoisotopic (exact) mass is 209 g/mol. The van der Waals surface area contributed by atoms with Gasteiger partial charge in [-0.2, -0.15) is 0 Å². The highest BCUT2D eigenvalue weighted by molar-refractivity contribution is 5.82. The molecular formula is C13H23NO. The Morgan fingerprint density at radius 3 is 2.40 bits per heavy atom. The van der Waals surface area contributed by atoms with E-state index in [0.717, 1.165) is 18.4 Å². The third-order valence-corrected chi connectivity index (χ3v) is 4.43. The summed E-state index contributed by atoms with van der Waals surface area (Å²) in [6.45, 7) is 5.29. The zero-order valence-corrected chi connectivity index (χ0v) is 9.96. The molecule has 0 aromatic rings. The van der Waals surface area contributed by atoms with Crippen molar-refractivity contribution in [1.82, 2.24) is 5.32 Å². The summed E-state index contributed by atoms with van der Waals surface area (Å²) in [4.78, 5) is 11.8. The number of amides is 1. The maximum Gasteiger partial charge on any atom is 0.223 e. The van der Waals surface area contributed by atoms with Crippen molar-refractivity contribution in [2.45, 2.75) is 46.0 Å². The van der Waals surface area contributed by atoms with E-state index in [1.807, 2.05) is 0 Å². The molecule has 0 spiro atoms. The van der Waals surface area contributed by atoms with Crippen LogP contribution in [0.1, 0.15) is 46.0 Å². The standard InChI is InChI=1S/C13H23NO/c1-3-9(4-2)8-14-13(15)12-10-6-5-7-11(10)12/h9-12H,3-8H2,1-2H3,(H,14,15). The van der Waals surface area contributed by atoms with Crippen LogP contribution < -0.4 is 5.32 Å². The number of fused-ring (bicyclic) bond motifs is 1. The van der Waals surface area contributed by atoms with E-state index in [0.29, 0.717) is 17.7 Å². The van der Waals surface area contributed by atoms with E-state index in [1.165, 1.54) is 32.1 Å². The van der Waals surface area contributed by atoms with Gasteiger partial charge in [-0.25, -0.2) is 0 Å².